The second-order valence-corrected chi connectivity index (χ2v) is 28.5. The van der Waals surface area contributed by atoms with Crippen molar-refractivity contribution in [2.24, 2.45) is 0 Å². The van der Waals surface area contributed by atoms with Crippen LogP contribution in [0.3, 0.4) is 0 Å². The molecule has 0 amide bonds. The molecular formula is C96H68N4. The fourth-order valence-corrected chi connectivity index (χ4v) is 17.2. The molecule has 100 heavy (non-hydrogen) atoms. The number of rotatable bonds is 9. The number of benzene rings is 18. The van der Waals surface area contributed by atoms with Gasteiger partial charge in [-0.2, -0.15) is 0 Å². The van der Waals surface area contributed by atoms with Crippen LogP contribution in [0.4, 0.5) is 68.2 Å². The second-order valence-electron chi connectivity index (χ2n) is 28.5. The highest BCUT2D eigenvalue weighted by Crippen LogP contribution is 2.63. The minimum absolute atomic E-state index is 0.555. The molecule has 0 saturated carbocycles. The zero-order chi connectivity index (χ0) is 66.5. The van der Waals surface area contributed by atoms with Gasteiger partial charge in [0.05, 0.1) is 34.1 Å². The highest BCUT2D eigenvalue weighted by Gasteiger charge is 2.47. The molecule has 2 aliphatic rings. The third-order valence-electron chi connectivity index (χ3n) is 22.2. The van der Waals surface area contributed by atoms with Gasteiger partial charge in [-0.25, -0.2) is 0 Å². The smallest absolute Gasteiger partial charge is 0.0546 e. The average molecular weight is 1280 g/mol. The molecule has 18 aromatic rings. The van der Waals surface area contributed by atoms with Gasteiger partial charge in [-0.1, -0.05) is 264 Å². The Morgan fingerprint density at radius 3 is 0.790 bits per heavy atom. The molecule has 0 aliphatic carbocycles. The molecule has 0 spiro atoms. The van der Waals surface area contributed by atoms with Gasteiger partial charge in [-0.05, 0) is 206 Å². The van der Waals surface area contributed by atoms with E-state index in [1.165, 1.54) is 136 Å². The predicted molar refractivity (Wildman–Crippen MR) is 427 cm³/mol. The summed E-state index contributed by atoms with van der Waals surface area (Å²) in [6.07, 6.45) is 0. The molecule has 0 unspecified atom stereocenters. The summed E-state index contributed by atoms with van der Waals surface area (Å²) in [5, 5.41) is 21.8. The first-order chi connectivity index (χ1) is 49.1. The lowest BCUT2D eigenvalue weighted by atomic mass is 9.66. The Bertz CT molecular complexity index is 6190. The Kier molecular flexibility index (Phi) is 12.7. The standard InChI is InChI=1S/C96H68N4/c1-95(2)85-57-73(97(70-44-41-61-23-5-8-26-64(61)51-70)91-54-67-29-11-14-32-76(67)79-35-17-20-38-82(79)91)47-49-89(85)100-90-50-48-74(98(71-45-42-62-24-6-9-27-65(62)52-71)92-55-68-30-12-15-33-77(68)80-36-18-21-39-83(80)92)58-86(90)96(3,4)88-60-75(59-87(95)94(88)100)99(72-46-43-63-25-7-10-28-66(63)53-72)93-56-69-31-13-16-34-78(69)81-37-19-22-40-84(81)93/h5-60H,1-4H3. The van der Waals surface area contributed by atoms with E-state index in [1.54, 1.807) is 0 Å². The van der Waals surface area contributed by atoms with Crippen LogP contribution in [0.2, 0.25) is 0 Å². The molecule has 0 bridgehead atoms. The van der Waals surface area contributed by atoms with Gasteiger partial charge in [0.1, 0.15) is 0 Å². The van der Waals surface area contributed by atoms with Gasteiger partial charge in [-0.15, -0.1) is 0 Å². The van der Waals surface area contributed by atoms with Gasteiger partial charge in [0.25, 0.3) is 0 Å². The lowest BCUT2D eigenvalue weighted by Crippen LogP contribution is -2.38. The maximum atomic E-state index is 2.65. The zero-order valence-corrected chi connectivity index (χ0v) is 56.1. The normalized spacial score (nSPS) is 13.5. The molecule has 0 saturated heterocycles. The SMILES string of the molecule is CC1(C)c2cc(N(c3ccc4ccccc4c3)c3cc4ccccc4c4ccccc34)ccc2N2c3ccc(N(c4ccc5ccccc5c4)c4cc5ccccc5c5ccccc45)cc3C(C)(C)c3cc(N(c4ccc5ccccc5c4)c4cc5ccccc5c5ccccc45)cc1c32. The second kappa shape index (κ2) is 22.0. The quantitative estimate of drug-likeness (QED) is 0.134. The van der Waals surface area contributed by atoms with Gasteiger partial charge in [0.2, 0.25) is 0 Å². The highest BCUT2D eigenvalue weighted by molar-refractivity contribution is 6.18. The molecule has 0 aromatic heterocycles. The van der Waals surface area contributed by atoms with Crippen molar-refractivity contribution in [1.82, 2.24) is 0 Å². The zero-order valence-electron chi connectivity index (χ0n) is 56.1. The Balaban J connectivity index is 0.871. The summed E-state index contributed by atoms with van der Waals surface area (Å²) in [7, 11) is 0. The van der Waals surface area contributed by atoms with Gasteiger partial charge < -0.3 is 19.6 Å². The summed E-state index contributed by atoms with van der Waals surface area (Å²) in [6.45, 7) is 9.91. The molecule has 4 heteroatoms. The number of fused-ring (bicyclic) bond motifs is 16. The van der Waals surface area contributed by atoms with Gasteiger partial charge in [0, 0.05) is 61.1 Å². The van der Waals surface area contributed by atoms with Gasteiger partial charge >= 0.3 is 0 Å². The first-order valence-corrected chi connectivity index (χ1v) is 35.0. The van der Waals surface area contributed by atoms with E-state index in [-0.39, 0.29) is 0 Å². The van der Waals surface area contributed by atoms with E-state index in [0.717, 1.165) is 51.2 Å². The maximum absolute atomic E-state index is 2.65. The van der Waals surface area contributed by atoms with E-state index in [0.29, 0.717) is 0 Å². The summed E-state index contributed by atoms with van der Waals surface area (Å²) in [6, 6.07) is 128. The van der Waals surface area contributed by atoms with Crippen LogP contribution in [0.5, 0.6) is 0 Å². The summed E-state index contributed by atoms with van der Waals surface area (Å²) in [5.74, 6) is 0. The van der Waals surface area contributed by atoms with Crippen molar-refractivity contribution >= 4 is 165 Å². The van der Waals surface area contributed by atoms with E-state index in [1.807, 2.05) is 0 Å². The first kappa shape index (κ1) is 57.7. The maximum Gasteiger partial charge on any atom is 0.0546 e. The molecule has 0 N–H and O–H groups in total. The Morgan fingerprint density at radius 1 is 0.200 bits per heavy atom. The minimum atomic E-state index is -0.555. The summed E-state index contributed by atoms with van der Waals surface area (Å²) >= 11 is 0. The van der Waals surface area contributed by atoms with Crippen LogP contribution in [0.15, 0.2) is 340 Å². The topological polar surface area (TPSA) is 13.0 Å². The van der Waals surface area contributed by atoms with Crippen molar-refractivity contribution in [3.63, 3.8) is 0 Å². The molecule has 0 atom stereocenters. The molecule has 472 valence electrons. The van der Waals surface area contributed by atoms with Crippen molar-refractivity contribution < 1.29 is 0 Å². The summed E-state index contributed by atoms with van der Waals surface area (Å²) in [4.78, 5) is 10.3. The number of hydrogen-bond acceptors (Lipinski definition) is 4. The van der Waals surface area contributed by atoms with Gasteiger partial charge in [0.15, 0.2) is 0 Å². The highest BCUT2D eigenvalue weighted by atomic mass is 15.2. The molecular weight excluding hydrogens is 1210 g/mol. The van der Waals surface area contributed by atoms with E-state index in [2.05, 4.69) is 387 Å². The van der Waals surface area contributed by atoms with Crippen LogP contribution in [0, 0.1) is 0 Å². The van der Waals surface area contributed by atoms with E-state index in [4.69, 9.17) is 0 Å². The lowest BCUT2D eigenvalue weighted by molar-refractivity contribution is 0.597. The summed E-state index contributed by atoms with van der Waals surface area (Å²) in [5.41, 5.74) is 17.4. The van der Waals surface area contributed by atoms with Crippen LogP contribution in [-0.4, -0.2) is 0 Å². The van der Waals surface area contributed by atoms with Crippen molar-refractivity contribution in [2.45, 2.75) is 38.5 Å². The number of hydrogen-bond donors (Lipinski definition) is 0. The molecule has 2 heterocycles. The lowest BCUT2D eigenvalue weighted by Gasteiger charge is -2.50. The van der Waals surface area contributed by atoms with Crippen molar-refractivity contribution in [3.8, 4) is 0 Å². The molecule has 2 aliphatic heterocycles. The average Bonchev–Trinajstić information content (AvgIpc) is 0.684. The van der Waals surface area contributed by atoms with Crippen molar-refractivity contribution in [2.75, 3.05) is 19.6 Å². The van der Waals surface area contributed by atoms with Crippen LogP contribution in [0.1, 0.15) is 49.9 Å². The third-order valence-corrected chi connectivity index (χ3v) is 22.2. The van der Waals surface area contributed by atoms with Crippen LogP contribution >= 0.6 is 0 Å². The fraction of sp³-hybridized carbons (Fsp3) is 0.0625. The van der Waals surface area contributed by atoms with E-state index in [9.17, 15) is 0 Å². The molecule has 4 nitrogen and oxygen atoms in total. The first-order valence-electron chi connectivity index (χ1n) is 35.0. The minimum Gasteiger partial charge on any atom is -0.310 e. The van der Waals surface area contributed by atoms with E-state index >= 15 is 0 Å². The van der Waals surface area contributed by atoms with Crippen LogP contribution in [0.25, 0.3) is 97.0 Å². The Labute approximate surface area is 581 Å². The van der Waals surface area contributed by atoms with Crippen molar-refractivity contribution in [1.29, 1.82) is 0 Å². The van der Waals surface area contributed by atoms with Crippen molar-refractivity contribution in [3.05, 3.63) is 362 Å². The molecule has 0 radical (unpaired) electrons. The molecule has 0 fully saturated rings. The van der Waals surface area contributed by atoms with Gasteiger partial charge in [-0.3, -0.25) is 0 Å². The van der Waals surface area contributed by atoms with E-state index < -0.39 is 10.8 Å². The third kappa shape index (κ3) is 8.79. The van der Waals surface area contributed by atoms with Crippen LogP contribution in [-0.2, 0) is 10.8 Å². The predicted octanol–water partition coefficient (Wildman–Crippen LogP) is 27.2. The summed E-state index contributed by atoms with van der Waals surface area (Å²) < 4.78 is 0. The monoisotopic (exact) mass is 1280 g/mol. The molecule has 18 aromatic carbocycles. The molecule has 20 rings (SSSR count). The van der Waals surface area contributed by atoms with Crippen LogP contribution < -0.4 is 19.6 Å². The Hall–Kier alpha value is -12.5. The largest absolute Gasteiger partial charge is 0.310 e. The fourth-order valence-electron chi connectivity index (χ4n) is 17.2. The number of nitrogens with zero attached hydrogens (tertiary/aromatic N) is 4. The number of anilines is 12. The Morgan fingerprint density at radius 2 is 0.450 bits per heavy atom.